The number of nitro groups is 1. The molecule has 1 fully saturated rings. The van der Waals surface area contributed by atoms with Crippen molar-refractivity contribution in [3.63, 3.8) is 0 Å². The van der Waals surface area contributed by atoms with Gasteiger partial charge < -0.3 is 5.73 Å². The van der Waals surface area contributed by atoms with Gasteiger partial charge in [-0.1, -0.05) is 31.0 Å². The minimum absolute atomic E-state index is 0.00419. The van der Waals surface area contributed by atoms with Crippen LogP contribution in [0.3, 0.4) is 0 Å². The third kappa shape index (κ3) is 5.06. The van der Waals surface area contributed by atoms with Crippen molar-refractivity contribution in [2.45, 2.75) is 30.6 Å². The average molecular weight is 370 g/mol. The van der Waals surface area contributed by atoms with E-state index < -0.39 is 4.92 Å². The Morgan fingerprint density at radius 3 is 2.54 bits per heavy atom. The van der Waals surface area contributed by atoms with Gasteiger partial charge in [-0.3, -0.25) is 10.1 Å². The fourth-order valence-electron chi connectivity index (χ4n) is 2.87. The van der Waals surface area contributed by atoms with Gasteiger partial charge in [0, 0.05) is 35.7 Å². The van der Waals surface area contributed by atoms with Crippen molar-refractivity contribution in [1.82, 2.24) is 4.31 Å². The van der Waals surface area contributed by atoms with Crippen molar-refractivity contribution in [3.05, 3.63) is 64.2 Å². The molecule has 2 aromatic rings. The van der Waals surface area contributed by atoms with Crippen LogP contribution in [0.4, 0.5) is 11.4 Å². The molecule has 26 heavy (non-hydrogen) atoms. The zero-order valence-electron chi connectivity index (χ0n) is 14.5. The van der Waals surface area contributed by atoms with Crippen LogP contribution in [0, 0.1) is 10.1 Å². The van der Waals surface area contributed by atoms with Crippen LogP contribution in [-0.4, -0.2) is 28.2 Å². The lowest BCUT2D eigenvalue weighted by Crippen LogP contribution is -2.16. The number of hydrogen-bond acceptors (Lipinski definition) is 5. The molecule has 0 spiro atoms. The molecule has 0 aliphatic carbocycles. The molecule has 0 unspecified atom stereocenters. The van der Waals surface area contributed by atoms with Gasteiger partial charge in [-0.2, -0.15) is 0 Å². The summed E-state index contributed by atoms with van der Waals surface area (Å²) in [6.07, 6.45) is 5.09. The van der Waals surface area contributed by atoms with Crippen molar-refractivity contribution in [2.24, 2.45) is 10.7 Å². The van der Waals surface area contributed by atoms with Gasteiger partial charge in [0.15, 0.2) is 0 Å². The summed E-state index contributed by atoms with van der Waals surface area (Å²) in [4.78, 5) is 15.9. The lowest BCUT2D eigenvalue weighted by atomic mass is 10.2. The number of nitrogens with two attached hydrogens (primary N) is 1. The van der Waals surface area contributed by atoms with E-state index in [9.17, 15) is 10.1 Å². The second-order valence-electron chi connectivity index (χ2n) is 6.24. The maximum atomic E-state index is 10.9. The van der Waals surface area contributed by atoms with E-state index in [2.05, 4.69) is 15.4 Å². The molecule has 0 atom stereocenters. The normalized spacial score (nSPS) is 16.2. The Kier molecular flexibility index (Phi) is 6.25. The first-order valence-electron chi connectivity index (χ1n) is 8.74. The highest BCUT2D eigenvalue weighted by molar-refractivity contribution is 7.97. The highest BCUT2D eigenvalue weighted by atomic mass is 32.2. The predicted molar refractivity (Wildman–Crippen MR) is 106 cm³/mol. The Bertz CT molecular complexity index is 802. The van der Waals surface area contributed by atoms with E-state index in [-0.39, 0.29) is 5.69 Å². The third-order valence-corrected chi connectivity index (χ3v) is 5.31. The molecule has 2 aromatic carbocycles. The molecular formula is C19H22N4O2S. The Hall–Kier alpha value is -2.38. The maximum absolute atomic E-state index is 10.9. The maximum Gasteiger partial charge on any atom is 0.271 e. The smallest absolute Gasteiger partial charge is 0.271 e. The van der Waals surface area contributed by atoms with Gasteiger partial charge in [0.2, 0.25) is 0 Å². The zero-order chi connectivity index (χ0) is 18.4. The molecule has 0 saturated carbocycles. The van der Waals surface area contributed by atoms with Gasteiger partial charge in [0.05, 0.1) is 10.6 Å². The van der Waals surface area contributed by atoms with Crippen LogP contribution < -0.4 is 5.73 Å². The first kappa shape index (κ1) is 18.4. The Labute approximate surface area is 157 Å². The van der Waals surface area contributed by atoms with Gasteiger partial charge in [0.1, 0.15) is 5.84 Å². The summed E-state index contributed by atoms with van der Waals surface area (Å²) in [5.41, 5.74) is 7.43. The van der Waals surface area contributed by atoms with Crippen LogP contribution in [0.1, 0.15) is 31.2 Å². The van der Waals surface area contributed by atoms with E-state index in [1.54, 1.807) is 24.1 Å². The topological polar surface area (TPSA) is 84.8 Å². The van der Waals surface area contributed by atoms with Crippen LogP contribution >= 0.6 is 11.9 Å². The molecule has 1 aliphatic heterocycles. The monoisotopic (exact) mass is 370 g/mol. The summed E-state index contributed by atoms with van der Waals surface area (Å²) < 4.78 is 2.40. The SMILES string of the molecule is NC(=Nc1cccc([N+](=O)[O-])c1)c1cccc(SN2CCCCCC2)c1. The summed E-state index contributed by atoms with van der Waals surface area (Å²) in [5.74, 6) is 0.351. The van der Waals surface area contributed by atoms with Crippen molar-refractivity contribution in [2.75, 3.05) is 13.1 Å². The third-order valence-electron chi connectivity index (χ3n) is 4.22. The standard InChI is InChI=1S/C19H22N4O2S/c20-19(21-16-8-6-9-17(14-16)23(24)25)15-7-5-10-18(13-15)26-22-11-3-1-2-4-12-22/h5-10,13-14H,1-4,11-12H2,(H2,20,21). The molecule has 136 valence electrons. The number of nitrogens with zero attached hydrogens (tertiary/aromatic N) is 3. The number of hydrogen-bond donors (Lipinski definition) is 1. The first-order valence-corrected chi connectivity index (χ1v) is 9.51. The van der Waals surface area contributed by atoms with E-state index in [1.165, 1.54) is 37.8 Å². The second kappa shape index (κ2) is 8.82. The lowest BCUT2D eigenvalue weighted by Gasteiger charge is -2.18. The Morgan fingerprint density at radius 2 is 1.81 bits per heavy atom. The molecule has 2 N–H and O–H groups in total. The number of amidine groups is 1. The summed E-state index contributed by atoms with van der Waals surface area (Å²) >= 11 is 1.76. The summed E-state index contributed by atoms with van der Waals surface area (Å²) in [6.45, 7) is 2.21. The minimum Gasteiger partial charge on any atom is -0.383 e. The van der Waals surface area contributed by atoms with Crippen molar-refractivity contribution < 1.29 is 4.92 Å². The second-order valence-corrected chi connectivity index (χ2v) is 7.41. The molecule has 1 saturated heterocycles. The van der Waals surface area contributed by atoms with Crippen molar-refractivity contribution in [1.29, 1.82) is 0 Å². The van der Waals surface area contributed by atoms with Crippen molar-refractivity contribution >= 4 is 29.2 Å². The number of rotatable bonds is 5. The van der Waals surface area contributed by atoms with Gasteiger partial charge >= 0.3 is 0 Å². The van der Waals surface area contributed by atoms with Crippen LogP contribution in [-0.2, 0) is 0 Å². The van der Waals surface area contributed by atoms with Crippen LogP contribution in [0.5, 0.6) is 0 Å². The highest BCUT2D eigenvalue weighted by Gasteiger charge is 2.11. The zero-order valence-corrected chi connectivity index (χ0v) is 15.3. The van der Waals surface area contributed by atoms with E-state index in [0.29, 0.717) is 11.5 Å². The summed E-state index contributed by atoms with van der Waals surface area (Å²) in [5, 5.41) is 10.9. The van der Waals surface area contributed by atoms with Crippen LogP contribution in [0.25, 0.3) is 0 Å². The largest absolute Gasteiger partial charge is 0.383 e. The molecule has 3 rings (SSSR count). The minimum atomic E-state index is -0.437. The van der Waals surface area contributed by atoms with Crippen LogP contribution in [0.15, 0.2) is 58.4 Å². The molecule has 0 bridgehead atoms. The fraction of sp³-hybridized carbons (Fsp3) is 0.316. The van der Waals surface area contributed by atoms with E-state index in [1.807, 2.05) is 18.2 Å². The average Bonchev–Trinajstić information content (AvgIpc) is 2.91. The number of benzene rings is 2. The van der Waals surface area contributed by atoms with Crippen molar-refractivity contribution in [3.8, 4) is 0 Å². The van der Waals surface area contributed by atoms with Gasteiger partial charge in [-0.05, 0) is 43.0 Å². The Balaban J connectivity index is 1.76. The van der Waals surface area contributed by atoms with Gasteiger partial charge in [-0.25, -0.2) is 9.30 Å². The molecule has 0 amide bonds. The number of non-ortho nitro benzene ring substituents is 1. The molecule has 6 nitrogen and oxygen atoms in total. The van der Waals surface area contributed by atoms with Gasteiger partial charge in [-0.15, -0.1) is 0 Å². The Morgan fingerprint density at radius 1 is 1.08 bits per heavy atom. The molecule has 1 aliphatic rings. The quantitative estimate of drug-likeness (QED) is 0.275. The fourth-order valence-corrected chi connectivity index (χ4v) is 3.93. The predicted octanol–water partition coefficient (Wildman–Crippen LogP) is 4.51. The molecular weight excluding hydrogens is 348 g/mol. The molecule has 1 heterocycles. The molecule has 7 heteroatoms. The number of aliphatic imine (C=N–C) groups is 1. The van der Waals surface area contributed by atoms with E-state index in [0.717, 1.165) is 23.5 Å². The van der Waals surface area contributed by atoms with Gasteiger partial charge in [0.25, 0.3) is 5.69 Å². The van der Waals surface area contributed by atoms with E-state index >= 15 is 0 Å². The van der Waals surface area contributed by atoms with Crippen LogP contribution in [0.2, 0.25) is 0 Å². The lowest BCUT2D eigenvalue weighted by molar-refractivity contribution is -0.384. The summed E-state index contributed by atoms with van der Waals surface area (Å²) in [6, 6.07) is 14.1. The summed E-state index contributed by atoms with van der Waals surface area (Å²) in [7, 11) is 0. The number of nitro benzene ring substituents is 1. The molecule has 0 radical (unpaired) electrons. The highest BCUT2D eigenvalue weighted by Crippen LogP contribution is 2.27. The van der Waals surface area contributed by atoms with E-state index in [4.69, 9.17) is 5.73 Å². The molecule has 0 aromatic heterocycles. The first-order chi connectivity index (χ1) is 12.6.